The molecule has 0 amide bonds. The summed E-state index contributed by atoms with van der Waals surface area (Å²) >= 11 is 0. The van der Waals surface area contributed by atoms with Crippen LogP contribution in [0.4, 0.5) is 0 Å². The Morgan fingerprint density at radius 1 is 1.38 bits per heavy atom. The molecule has 0 saturated heterocycles. The zero-order valence-corrected chi connectivity index (χ0v) is 10.2. The molecule has 0 bridgehead atoms. The Kier molecular flexibility index (Phi) is 3.53. The van der Waals surface area contributed by atoms with Crippen molar-refractivity contribution in [3.63, 3.8) is 0 Å². The molecule has 0 aromatic carbocycles. The highest BCUT2D eigenvalue weighted by Gasteiger charge is 2.42. The largest absolute Gasteiger partial charge is 0.465 e. The molecule has 0 spiro atoms. The molecule has 92 valence electrons. The summed E-state index contributed by atoms with van der Waals surface area (Å²) in [4.78, 5) is 12.0. The number of carbonyl (C=O) groups is 1. The monoisotopic (exact) mass is 225 g/mol. The molecule has 0 aromatic heterocycles. The van der Waals surface area contributed by atoms with E-state index in [2.05, 4.69) is 0 Å². The van der Waals surface area contributed by atoms with Gasteiger partial charge in [-0.3, -0.25) is 4.79 Å². The molecule has 0 aliphatic heterocycles. The van der Waals surface area contributed by atoms with Crippen LogP contribution in [0.25, 0.3) is 0 Å². The summed E-state index contributed by atoms with van der Waals surface area (Å²) in [5.41, 5.74) is 5.63. The Hall–Kier alpha value is -0.570. The van der Waals surface area contributed by atoms with Crippen LogP contribution in [0.3, 0.4) is 0 Å². The van der Waals surface area contributed by atoms with Gasteiger partial charge in [-0.1, -0.05) is 25.7 Å². The fourth-order valence-corrected chi connectivity index (χ4v) is 2.50. The summed E-state index contributed by atoms with van der Waals surface area (Å²) in [6, 6.07) is -0.0188. The first-order chi connectivity index (χ1) is 7.63. The SMILES string of the molecule is CC1(C(=O)OCCC2CC2)CCCCC1N. The Morgan fingerprint density at radius 3 is 2.75 bits per heavy atom. The predicted octanol–water partition coefficient (Wildman–Crippen LogP) is 2.24. The molecule has 2 fully saturated rings. The van der Waals surface area contributed by atoms with Gasteiger partial charge in [0.2, 0.25) is 0 Å². The number of rotatable bonds is 4. The highest BCUT2D eigenvalue weighted by Crippen LogP contribution is 2.37. The number of carbonyl (C=O) groups excluding carboxylic acids is 1. The van der Waals surface area contributed by atoms with Crippen molar-refractivity contribution >= 4 is 5.97 Å². The second-order valence-corrected chi connectivity index (χ2v) is 5.64. The topological polar surface area (TPSA) is 52.3 Å². The molecule has 2 rings (SSSR count). The normalized spacial score (nSPS) is 34.8. The quantitative estimate of drug-likeness (QED) is 0.746. The standard InChI is InChI=1S/C13H23NO2/c1-13(8-3-2-4-11(13)14)12(15)16-9-7-10-5-6-10/h10-11H,2-9,14H2,1H3. The maximum atomic E-state index is 12.0. The maximum absolute atomic E-state index is 12.0. The van der Waals surface area contributed by atoms with E-state index in [0.717, 1.165) is 38.0 Å². The molecule has 2 unspecified atom stereocenters. The Bertz CT molecular complexity index is 263. The van der Waals surface area contributed by atoms with Crippen molar-refractivity contribution in [2.75, 3.05) is 6.61 Å². The van der Waals surface area contributed by atoms with Crippen LogP contribution >= 0.6 is 0 Å². The molecule has 0 heterocycles. The van der Waals surface area contributed by atoms with E-state index in [1.807, 2.05) is 6.92 Å². The van der Waals surface area contributed by atoms with Crippen LogP contribution in [0.2, 0.25) is 0 Å². The molecule has 0 radical (unpaired) electrons. The first-order valence-electron chi connectivity index (χ1n) is 6.56. The van der Waals surface area contributed by atoms with E-state index in [1.165, 1.54) is 12.8 Å². The van der Waals surface area contributed by atoms with Crippen molar-refractivity contribution in [1.82, 2.24) is 0 Å². The average Bonchev–Trinajstić information content (AvgIpc) is 3.06. The minimum absolute atomic E-state index is 0.0188. The molecule has 3 heteroatoms. The van der Waals surface area contributed by atoms with E-state index in [0.29, 0.717) is 6.61 Å². The average molecular weight is 225 g/mol. The van der Waals surface area contributed by atoms with Gasteiger partial charge in [0.25, 0.3) is 0 Å². The van der Waals surface area contributed by atoms with Gasteiger partial charge in [0, 0.05) is 6.04 Å². The van der Waals surface area contributed by atoms with Gasteiger partial charge in [0.15, 0.2) is 0 Å². The highest BCUT2D eigenvalue weighted by atomic mass is 16.5. The summed E-state index contributed by atoms with van der Waals surface area (Å²) in [5, 5.41) is 0. The lowest BCUT2D eigenvalue weighted by Gasteiger charge is -2.36. The van der Waals surface area contributed by atoms with Gasteiger partial charge in [0.1, 0.15) is 0 Å². The molecular weight excluding hydrogens is 202 g/mol. The summed E-state index contributed by atoms with van der Waals surface area (Å²) in [6.45, 7) is 2.56. The molecule has 2 aliphatic carbocycles. The first-order valence-corrected chi connectivity index (χ1v) is 6.56. The lowest BCUT2D eigenvalue weighted by molar-refractivity contribution is -0.158. The van der Waals surface area contributed by atoms with Gasteiger partial charge in [-0.2, -0.15) is 0 Å². The molecule has 2 N–H and O–H groups in total. The summed E-state index contributed by atoms with van der Waals surface area (Å²) in [5.74, 6) is 0.751. The number of hydrogen-bond donors (Lipinski definition) is 1. The van der Waals surface area contributed by atoms with E-state index in [4.69, 9.17) is 10.5 Å². The molecule has 16 heavy (non-hydrogen) atoms. The maximum Gasteiger partial charge on any atom is 0.313 e. The zero-order valence-electron chi connectivity index (χ0n) is 10.2. The van der Waals surface area contributed by atoms with Crippen LogP contribution in [0.15, 0.2) is 0 Å². The molecule has 2 atom stereocenters. The fourth-order valence-electron chi connectivity index (χ4n) is 2.50. The number of nitrogens with two attached hydrogens (primary N) is 1. The molecule has 3 nitrogen and oxygen atoms in total. The van der Waals surface area contributed by atoms with Crippen LogP contribution in [0.5, 0.6) is 0 Å². The lowest BCUT2D eigenvalue weighted by atomic mass is 9.72. The van der Waals surface area contributed by atoms with Crippen LogP contribution in [-0.2, 0) is 9.53 Å². The summed E-state index contributed by atoms with van der Waals surface area (Å²) in [7, 11) is 0. The number of hydrogen-bond acceptors (Lipinski definition) is 3. The third kappa shape index (κ3) is 2.57. The second-order valence-electron chi connectivity index (χ2n) is 5.64. The molecule has 2 aliphatic rings. The van der Waals surface area contributed by atoms with Crippen molar-refractivity contribution in [3.05, 3.63) is 0 Å². The minimum atomic E-state index is -0.429. The van der Waals surface area contributed by atoms with Crippen molar-refractivity contribution < 1.29 is 9.53 Å². The van der Waals surface area contributed by atoms with E-state index in [-0.39, 0.29) is 12.0 Å². The third-order valence-electron chi connectivity index (χ3n) is 4.20. The third-order valence-corrected chi connectivity index (χ3v) is 4.20. The Morgan fingerprint density at radius 2 is 2.12 bits per heavy atom. The number of esters is 1. The Labute approximate surface area is 97.7 Å². The van der Waals surface area contributed by atoms with Crippen LogP contribution in [0, 0.1) is 11.3 Å². The van der Waals surface area contributed by atoms with Gasteiger partial charge < -0.3 is 10.5 Å². The van der Waals surface area contributed by atoms with Crippen LogP contribution in [-0.4, -0.2) is 18.6 Å². The van der Waals surface area contributed by atoms with Crippen LogP contribution in [0.1, 0.15) is 51.9 Å². The lowest BCUT2D eigenvalue weighted by Crippen LogP contribution is -2.48. The van der Waals surface area contributed by atoms with Crippen molar-refractivity contribution in [2.45, 2.75) is 57.9 Å². The molecular formula is C13H23NO2. The summed E-state index contributed by atoms with van der Waals surface area (Å²) < 4.78 is 5.39. The van der Waals surface area contributed by atoms with Gasteiger partial charge >= 0.3 is 5.97 Å². The highest BCUT2D eigenvalue weighted by molar-refractivity contribution is 5.77. The molecule has 2 saturated carbocycles. The predicted molar refractivity (Wildman–Crippen MR) is 62.9 cm³/mol. The zero-order chi connectivity index (χ0) is 11.6. The summed E-state index contributed by atoms with van der Waals surface area (Å²) in [6.07, 6.45) is 7.75. The van der Waals surface area contributed by atoms with E-state index in [9.17, 15) is 4.79 Å². The fraction of sp³-hybridized carbons (Fsp3) is 0.923. The smallest absolute Gasteiger partial charge is 0.313 e. The number of ether oxygens (including phenoxy) is 1. The van der Waals surface area contributed by atoms with Crippen molar-refractivity contribution in [2.24, 2.45) is 17.1 Å². The van der Waals surface area contributed by atoms with Gasteiger partial charge in [-0.25, -0.2) is 0 Å². The Balaban J connectivity index is 1.80. The van der Waals surface area contributed by atoms with E-state index in [1.54, 1.807) is 0 Å². The van der Waals surface area contributed by atoms with Crippen molar-refractivity contribution in [1.29, 1.82) is 0 Å². The van der Waals surface area contributed by atoms with Gasteiger partial charge in [-0.15, -0.1) is 0 Å². The minimum Gasteiger partial charge on any atom is -0.465 e. The van der Waals surface area contributed by atoms with Gasteiger partial charge in [-0.05, 0) is 32.1 Å². The first kappa shape index (κ1) is 11.9. The van der Waals surface area contributed by atoms with E-state index < -0.39 is 5.41 Å². The van der Waals surface area contributed by atoms with Crippen LogP contribution < -0.4 is 5.73 Å². The molecule has 0 aromatic rings. The van der Waals surface area contributed by atoms with E-state index >= 15 is 0 Å². The van der Waals surface area contributed by atoms with Crippen molar-refractivity contribution in [3.8, 4) is 0 Å². The second kappa shape index (κ2) is 4.74. The van der Waals surface area contributed by atoms with Gasteiger partial charge in [0.05, 0.1) is 12.0 Å².